The smallest absolute Gasteiger partial charge is 0.222 e. The number of halogens is 1. The topological polar surface area (TPSA) is 59.8 Å². The molecule has 2 aromatic carbocycles. The van der Waals surface area contributed by atoms with Gasteiger partial charge in [0.1, 0.15) is 23.9 Å². The largest absolute Gasteiger partial charge is 0.439 e. The summed E-state index contributed by atoms with van der Waals surface area (Å²) in [4.78, 5) is 2.23. The monoisotopic (exact) mass is 449 g/mol. The van der Waals surface area contributed by atoms with Gasteiger partial charge >= 0.3 is 0 Å². The molecular formula is C26H28FN3O3. The third-order valence-corrected chi connectivity index (χ3v) is 5.51. The molecule has 0 bridgehead atoms. The lowest BCUT2D eigenvalue weighted by Crippen LogP contribution is -2.36. The fourth-order valence-corrected chi connectivity index (χ4v) is 3.86. The van der Waals surface area contributed by atoms with Crippen molar-refractivity contribution < 1.29 is 19.0 Å². The molecule has 7 heteroatoms. The molecule has 1 aliphatic carbocycles. The molecule has 0 radical (unpaired) electrons. The Kier molecular flexibility index (Phi) is 7.40. The molecule has 1 heterocycles. The average molecular weight is 450 g/mol. The summed E-state index contributed by atoms with van der Waals surface area (Å²) in [5.74, 6) is 2.99. The highest BCUT2D eigenvalue weighted by atomic mass is 19.1. The molecule has 1 atom stereocenters. The molecule has 1 fully saturated rings. The Morgan fingerprint density at radius 1 is 1.24 bits per heavy atom. The van der Waals surface area contributed by atoms with Crippen molar-refractivity contribution in [3.8, 4) is 35.2 Å². The Labute approximate surface area is 193 Å². The fraction of sp³-hybridized carbons (Fsp3) is 0.346. The number of aliphatic hydroxyl groups excluding tert-OH is 1. The normalized spacial score (nSPS) is 14.3. The van der Waals surface area contributed by atoms with Crippen LogP contribution in [0.15, 0.2) is 54.6 Å². The number of aliphatic hydroxyl groups is 1. The molecule has 1 aromatic heterocycles. The molecule has 1 saturated carbocycles. The van der Waals surface area contributed by atoms with Crippen LogP contribution >= 0.6 is 0 Å². The van der Waals surface area contributed by atoms with Crippen molar-refractivity contribution in [2.75, 3.05) is 19.8 Å². The van der Waals surface area contributed by atoms with E-state index in [1.54, 1.807) is 16.8 Å². The highest BCUT2D eigenvalue weighted by Gasteiger charge is 2.33. The zero-order valence-corrected chi connectivity index (χ0v) is 18.7. The number of ether oxygens (including phenoxy) is 2. The summed E-state index contributed by atoms with van der Waals surface area (Å²) < 4.78 is 26.9. The van der Waals surface area contributed by atoms with Crippen LogP contribution in [0.3, 0.4) is 0 Å². The van der Waals surface area contributed by atoms with Gasteiger partial charge in [-0.15, -0.1) is 6.42 Å². The van der Waals surface area contributed by atoms with Gasteiger partial charge in [0, 0.05) is 37.8 Å². The van der Waals surface area contributed by atoms with Gasteiger partial charge in [-0.05, 0) is 25.0 Å². The third kappa shape index (κ3) is 5.99. The molecule has 6 nitrogen and oxygen atoms in total. The maximum Gasteiger partial charge on any atom is 0.222 e. The Morgan fingerprint density at radius 2 is 2.03 bits per heavy atom. The van der Waals surface area contributed by atoms with Gasteiger partial charge in [-0.3, -0.25) is 4.90 Å². The fourth-order valence-electron chi connectivity index (χ4n) is 3.86. The number of nitrogens with zero attached hydrogens (tertiary/aromatic N) is 3. The van der Waals surface area contributed by atoms with Crippen molar-refractivity contribution in [1.29, 1.82) is 0 Å². The van der Waals surface area contributed by atoms with E-state index in [0.29, 0.717) is 30.8 Å². The summed E-state index contributed by atoms with van der Waals surface area (Å²) in [7, 11) is 1.81. The van der Waals surface area contributed by atoms with Crippen molar-refractivity contribution in [3.05, 3.63) is 66.0 Å². The van der Waals surface area contributed by atoms with Gasteiger partial charge in [0.2, 0.25) is 5.88 Å². The first-order valence-corrected chi connectivity index (χ1v) is 11.0. The molecule has 4 rings (SSSR count). The van der Waals surface area contributed by atoms with Gasteiger partial charge in [-0.25, -0.2) is 9.07 Å². The Morgan fingerprint density at radius 3 is 2.73 bits per heavy atom. The Balaban J connectivity index is 1.64. The minimum Gasteiger partial charge on any atom is -0.439 e. The molecule has 172 valence electrons. The van der Waals surface area contributed by atoms with Crippen LogP contribution in [0.4, 0.5) is 4.39 Å². The molecule has 0 saturated heterocycles. The summed E-state index contributed by atoms with van der Waals surface area (Å²) in [5, 5.41) is 15.2. The first kappa shape index (κ1) is 23.0. The number of terminal acetylenes is 1. The van der Waals surface area contributed by atoms with Crippen molar-refractivity contribution in [1.82, 2.24) is 14.7 Å². The van der Waals surface area contributed by atoms with Crippen LogP contribution in [0.1, 0.15) is 18.4 Å². The molecule has 1 N–H and O–H groups in total. The molecule has 1 aliphatic rings. The van der Waals surface area contributed by atoms with Crippen LogP contribution in [0.2, 0.25) is 0 Å². The quantitative estimate of drug-likeness (QED) is 0.354. The molecule has 0 spiro atoms. The van der Waals surface area contributed by atoms with Crippen LogP contribution in [-0.4, -0.2) is 51.7 Å². The number of benzene rings is 2. The summed E-state index contributed by atoms with van der Waals surface area (Å²) >= 11 is 0. The van der Waals surface area contributed by atoms with Crippen LogP contribution in [0, 0.1) is 18.2 Å². The standard InChI is InChI=1S/C26H28FN3O3/c1-3-14-32-18-22(31)16-30(21-12-13-21)17-24-25(19-8-5-4-6-9-19)28-29(2)26(24)33-23-11-7-10-20(27)15-23/h1,4-11,15,21-22,31H,12-14,16-18H2,2H3/t22-/m1/s1. The number of aromatic nitrogens is 2. The van der Waals surface area contributed by atoms with Crippen molar-refractivity contribution in [2.45, 2.75) is 31.5 Å². The van der Waals surface area contributed by atoms with Crippen molar-refractivity contribution >= 4 is 0 Å². The van der Waals surface area contributed by atoms with Crippen LogP contribution in [-0.2, 0) is 18.3 Å². The van der Waals surface area contributed by atoms with E-state index < -0.39 is 6.10 Å². The maximum absolute atomic E-state index is 13.8. The summed E-state index contributed by atoms with van der Waals surface area (Å²) in [6.07, 6.45) is 6.70. The SMILES string of the molecule is C#CCOC[C@H](O)CN(Cc1c(-c2ccccc2)nn(C)c1Oc1cccc(F)c1)C1CC1. The lowest BCUT2D eigenvalue weighted by atomic mass is 10.1. The second kappa shape index (κ2) is 10.6. The van der Waals surface area contributed by atoms with Gasteiger partial charge < -0.3 is 14.6 Å². The van der Waals surface area contributed by atoms with E-state index in [-0.39, 0.29) is 19.0 Å². The molecule has 0 unspecified atom stereocenters. The van der Waals surface area contributed by atoms with E-state index in [1.165, 1.54) is 12.1 Å². The lowest BCUT2D eigenvalue weighted by molar-refractivity contribution is 0.0241. The zero-order valence-electron chi connectivity index (χ0n) is 18.7. The minimum absolute atomic E-state index is 0.173. The number of hydrogen-bond acceptors (Lipinski definition) is 5. The van der Waals surface area contributed by atoms with Crippen LogP contribution in [0.25, 0.3) is 11.3 Å². The summed E-state index contributed by atoms with van der Waals surface area (Å²) in [5.41, 5.74) is 2.65. The minimum atomic E-state index is -0.664. The maximum atomic E-state index is 13.8. The van der Waals surface area contributed by atoms with E-state index in [4.69, 9.17) is 21.0 Å². The first-order valence-electron chi connectivity index (χ1n) is 11.0. The van der Waals surface area contributed by atoms with E-state index >= 15 is 0 Å². The highest BCUT2D eigenvalue weighted by Crippen LogP contribution is 2.37. The second-order valence-corrected chi connectivity index (χ2v) is 8.22. The molecule has 0 amide bonds. The van der Waals surface area contributed by atoms with Crippen molar-refractivity contribution in [3.63, 3.8) is 0 Å². The van der Waals surface area contributed by atoms with E-state index in [1.807, 2.05) is 37.4 Å². The predicted molar refractivity (Wildman–Crippen MR) is 124 cm³/mol. The highest BCUT2D eigenvalue weighted by molar-refractivity contribution is 5.65. The van der Waals surface area contributed by atoms with Gasteiger partial charge in [0.25, 0.3) is 0 Å². The van der Waals surface area contributed by atoms with Gasteiger partial charge in [0.05, 0.1) is 18.3 Å². The van der Waals surface area contributed by atoms with Gasteiger partial charge in [-0.1, -0.05) is 42.3 Å². The summed E-state index contributed by atoms with van der Waals surface area (Å²) in [6.45, 7) is 1.32. The molecule has 0 aliphatic heterocycles. The van der Waals surface area contributed by atoms with E-state index in [0.717, 1.165) is 29.7 Å². The molecule has 3 aromatic rings. The first-order chi connectivity index (χ1) is 16.0. The van der Waals surface area contributed by atoms with Gasteiger partial charge in [-0.2, -0.15) is 5.10 Å². The number of hydrogen-bond donors (Lipinski definition) is 1. The number of rotatable bonds is 11. The second-order valence-electron chi connectivity index (χ2n) is 8.22. The van der Waals surface area contributed by atoms with Gasteiger partial charge in [0.15, 0.2) is 0 Å². The van der Waals surface area contributed by atoms with Crippen LogP contribution in [0.5, 0.6) is 11.6 Å². The predicted octanol–water partition coefficient (Wildman–Crippen LogP) is 3.99. The van der Waals surface area contributed by atoms with E-state index in [9.17, 15) is 9.50 Å². The van der Waals surface area contributed by atoms with Crippen LogP contribution < -0.4 is 4.74 Å². The summed E-state index contributed by atoms with van der Waals surface area (Å²) in [6, 6.07) is 16.3. The Bertz CT molecular complexity index is 1110. The molecule has 33 heavy (non-hydrogen) atoms. The van der Waals surface area contributed by atoms with Crippen molar-refractivity contribution in [2.24, 2.45) is 7.05 Å². The zero-order chi connectivity index (χ0) is 23.2. The van der Waals surface area contributed by atoms with E-state index in [2.05, 4.69) is 10.8 Å². The average Bonchev–Trinajstić information content (AvgIpc) is 3.61. The lowest BCUT2D eigenvalue weighted by Gasteiger charge is -2.25. The Hall–Kier alpha value is -3.18. The number of aryl methyl sites for hydroxylation is 1. The third-order valence-electron chi connectivity index (χ3n) is 5.51. The molecular weight excluding hydrogens is 421 g/mol.